The molecule has 0 spiro atoms. The number of piperidine rings is 1. The summed E-state index contributed by atoms with van der Waals surface area (Å²) >= 11 is 0. The van der Waals surface area contributed by atoms with Crippen molar-refractivity contribution < 1.29 is 9.13 Å². The fourth-order valence-electron chi connectivity index (χ4n) is 2.86. The van der Waals surface area contributed by atoms with Crippen molar-refractivity contribution in [2.45, 2.75) is 26.2 Å². The van der Waals surface area contributed by atoms with Gasteiger partial charge in [0.15, 0.2) is 0 Å². The van der Waals surface area contributed by atoms with E-state index in [-0.39, 0.29) is 5.82 Å². The number of nitrogens with one attached hydrogen (secondary N) is 1. The molecule has 1 saturated heterocycles. The molecule has 1 fully saturated rings. The lowest BCUT2D eigenvalue weighted by Crippen LogP contribution is -2.38. The van der Waals surface area contributed by atoms with Crippen LogP contribution in [0.2, 0.25) is 0 Å². The van der Waals surface area contributed by atoms with E-state index in [1.165, 1.54) is 37.9 Å². The molecule has 1 heterocycles. The highest BCUT2D eigenvalue weighted by Crippen LogP contribution is 2.14. The van der Waals surface area contributed by atoms with Crippen molar-refractivity contribution in [3.63, 3.8) is 0 Å². The predicted molar refractivity (Wildman–Crippen MR) is 84.2 cm³/mol. The Morgan fingerprint density at radius 2 is 1.90 bits per heavy atom. The average molecular weight is 294 g/mol. The Hall–Kier alpha value is -1.13. The molecule has 0 amide bonds. The minimum Gasteiger partial charge on any atom is -0.492 e. The van der Waals surface area contributed by atoms with Crippen LogP contribution in [-0.2, 0) is 0 Å². The van der Waals surface area contributed by atoms with Crippen LogP contribution in [0.1, 0.15) is 26.2 Å². The number of hydrogen-bond donors (Lipinski definition) is 1. The van der Waals surface area contributed by atoms with E-state index in [9.17, 15) is 4.39 Å². The van der Waals surface area contributed by atoms with Crippen LogP contribution in [-0.4, -0.2) is 44.2 Å². The third kappa shape index (κ3) is 6.02. The van der Waals surface area contributed by atoms with E-state index in [4.69, 9.17) is 4.74 Å². The number of halogens is 1. The van der Waals surface area contributed by atoms with Gasteiger partial charge in [-0.15, -0.1) is 0 Å². The fraction of sp³-hybridized carbons (Fsp3) is 0.647. The first-order chi connectivity index (χ1) is 10.3. The Kier molecular flexibility index (Phi) is 6.96. The van der Waals surface area contributed by atoms with Crippen LogP contribution in [0.15, 0.2) is 24.3 Å². The zero-order valence-corrected chi connectivity index (χ0v) is 13.0. The van der Waals surface area contributed by atoms with Gasteiger partial charge in [-0.2, -0.15) is 0 Å². The molecular formula is C17H27FN2O. The molecule has 1 aliphatic rings. The van der Waals surface area contributed by atoms with Crippen LogP contribution in [0.25, 0.3) is 0 Å². The van der Waals surface area contributed by atoms with Crippen molar-refractivity contribution in [1.82, 2.24) is 10.2 Å². The Labute approximate surface area is 127 Å². The molecule has 0 radical (unpaired) electrons. The van der Waals surface area contributed by atoms with E-state index in [1.807, 2.05) is 0 Å². The van der Waals surface area contributed by atoms with Crippen LogP contribution in [0.5, 0.6) is 5.75 Å². The van der Waals surface area contributed by atoms with E-state index in [0.717, 1.165) is 37.8 Å². The third-order valence-corrected chi connectivity index (χ3v) is 4.00. The average Bonchev–Trinajstić information content (AvgIpc) is 2.50. The minimum absolute atomic E-state index is 0.221. The van der Waals surface area contributed by atoms with E-state index < -0.39 is 0 Å². The van der Waals surface area contributed by atoms with Gasteiger partial charge in [-0.05, 0) is 69.1 Å². The Morgan fingerprint density at radius 1 is 1.19 bits per heavy atom. The summed E-state index contributed by atoms with van der Waals surface area (Å²) in [4.78, 5) is 2.50. The molecule has 0 bridgehead atoms. The first kappa shape index (κ1) is 16.2. The maximum Gasteiger partial charge on any atom is 0.123 e. The maximum absolute atomic E-state index is 12.8. The predicted octanol–water partition coefficient (Wildman–Crippen LogP) is 2.92. The minimum atomic E-state index is -0.221. The highest BCUT2D eigenvalue weighted by Gasteiger charge is 2.16. The molecule has 0 saturated carbocycles. The molecule has 1 aliphatic heterocycles. The highest BCUT2D eigenvalue weighted by atomic mass is 19.1. The molecular weight excluding hydrogens is 267 g/mol. The van der Waals surface area contributed by atoms with Crippen LogP contribution < -0.4 is 10.1 Å². The Balaban J connectivity index is 1.72. The molecule has 2 rings (SSSR count). The standard InChI is InChI=1S/C17H27FN2O/c1-2-11-20(14-15-7-9-19-10-8-15)12-13-21-17-5-3-16(18)4-6-17/h3-6,15,19H,2,7-14H2,1H3. The SMILES string of the molecule is CCCN(CCOc1ccc(F)cc1)CC1CCNCC1. The Morgan fingerprint density at radius 3 is 2.57 bits per heavy atom. The molecule has 0 atom stereocenters. The molecule has 0 unspecified atom stereocenters. The Bertz CT molecular complexity index is 390. The van der Waals surface area contributed by atoms with Gasteiger partial charge in [0.05, 0.1) is 0 Å². The third-order valence-electron chi connectivity index (χ3n) is 4.00. The molecule has 1 aromatic carbocycles. The van der Waals surface area contributed by atoms with E-state index >= 15 is 0 Å². The largest absolute Gasteiger partial charge is 0.492 e. The highest BCUT2D eigenvalue weighted by molar-refractivity contribution is 5.21. The molecule has 0 aliphatic carbocycles. The van der Waals surface area contributed by atoms with Crippen molar-refractivity contribution in [1.29, 1.82) is 0 Å². The quantitative estimate of drug-likeness (QED) is 0.798. The second kappa shape index (κ2) is 9.00. The first-order valence-corrected chi connectivity index (χ1v) is 8.09. The van der Waals surface area contributed by atoms with Crippen LogP contribution in [0, 0.1) is 11.7 Å². The zero-order valence-electron chi connectivity index (χ0n) is 13.0. The van der Waals surface area contributed by atoms with Gasteiger partial charge in [0.2, 0.25) is 0 Å². The second-order valence-electron chi connectivity index (χ2n) is 5.80. The summed E-state index contributed by atoms with van der Waals surface area (Å²) in [6, 6.07) is 6.25. The van der Waals surface area contributed by atoms with Gasteiger partial charge in [-0.1, -0.05) is 6.92 Å². The lowest BCUT2D eigenvalue weighted by molar-refractivity contribution is 0.171. The number of rotatable bonds is 8. The summed E-state index contributed by atoms with van der Waals surface area (Å²) in [7, 11) is 0. The molecule has 3 nitrogen and oxygen atoms in total. The lowest BCUT2D eigenvalue weighted by atomic mass is 9.97. The van der Waals surface area contributed by atoms with E-state index in [2.05, 4.69) is 17.1 Å². The van der Waals surface area contributed by atoms with Crippen LogP contribution in [0.4, 0.5) is 4.39 Å². The normalized spacial score (nSPS) is 16.3. The number of benzene rings is 1. The summed E-state index contributed by atoms with van der Waals surface area (Å²) in [5, 5.41) is 3.42. The van der Waals surface area contributed by atoms with Gasteiger partial charge in [-0.3, -0.25) is 4.90 Å². The monoisotopic (exact) mass is 294 g/mol. The maximum atomic E-state index is 12.8. The first-order valence-electron chi connectivity index (χ1n) is 8.09. The van der Waals surface area contributed by atoms with Gasteiger partial charge in [-0.25, -0.2) is 4.39 Å². The van der Waals surface area contributed by atoms with Gasteiger partial charge < -0.3 is 10.1 Å². The zero-order chi connectivity index (χ0) is 14.9. The van der Waals surface area contributed by atoms with Crippen LogP contribution in [0.3, 0.4) is 0 Å². The van der Waals surface area contributed by atoms with Crippen molar-refractivity contribution in [2.75, 3.05) is 39.3 Å². The number of ether oxygens (including phenoxy) is 1. The van der Waals surface area contributed by atoms with Gasteiger partial charge in [0.1, 0.15) is 18.2 Å². The molecule has 1 aromatic rings. The number of hydrogen-bond acceptors (Lipinski definition) is 3. The molecule has 118 valence electrons. The summed E-state index contributed by atoms with van der Waals surface area (Å²) in [6.45, 7) is 8.41. The number of nitrogens with zero attached hydrogens (tertiary/aromatic N) is 1. The lowest BCUT2D eigenvalue weighted by Gasteiger charge is -2.29. The van der Waals surface area contributed by atoms with Gasteiger partial charge >= 0.3 is 0 Å². The molecule has 1 N–H and O–H groups in total. The summed E-state index contributed by atoms with van der Waals surface area (Å²) in [5.74, 6) is 1.33. The second-order valence-corrected chi connectivity index (χ2v) is 5.80. The fourth-order valence-corrected chi connectivity index (χ4v) is 2.86. The molecule has 4 heteroatoms. The topological polar surface area (TPSA) is 24.5 Å². The van der Waals surface area contributed by atoms with Crippen molar-refractivity contribution in [3.8, 4) is 5.75 Å². The van der Waals surface area contributed by atoms with Crippen molar-refractivity contribution in [3.05, 3.63) is 30.1 Å². The van der Waals surface area contributed by atoms with Crippen molar-refractivity contribution in [2.24, 2.45) is 5.92 Å². The van der Waals surface area contributed by atoms with E-state index in [1.54, 1.807) is 12.1 Å². The van der Waals surface area contributed by atoms with Gasteiger partial charge in [0.25, 0.3) is 0 Å². The molecule has 0 aromatic heterocycles. The van der Waals surface area contributed by atoms with Crippen LogP contribution >= 0.6 is 0 Å². The van der Waals surface area contributed by atoms with E-state index in [0.29, 0.717) is 6.61 Å². The van der Waals surface area contributed by atoms with Crippen molar-refractivity contribution >= 4 is 0 Å². The summed E-state index contributed by atoms with van der Waals surface area (Å²) in [6.07, 6.45) is 3.72. The van der Waals surface area contributed by atoms with Gasteiger partial charge in [0, 0.05) is 13.1 Å². The molecule has 21 heavy (non-hydrogen) atoms. The summed E-state index contributed by atoms with van der Waals surface area (Å²) < 4.78 is 18.5. The summed E-state index contributed by atoms with van der Waals surface area (Å²) in [5.41, 5.74) is 0. The smallest absolute Gasteiger partial charge is 0.123 e.